The Balaban J connectivity index is 1.61. The third kappa shape index (κ3) is 8.06. The number of nitrogens with one attached hydrogen (secondary N) is 1. The Hall–Kier alpha value is -3.16. The van der Waals surface area contributed by atoms with E-state index in [2.05, 4.69) is 5.32 Å². The summed E-state index contributed by atoms with van der Waals surface area (Å²) in [5, 5.41) is 2.65. The molecule has 2 aromatic rings. The fraction of sp³-hybridized carbons (Fsp3) is 0.304. The maximum atomic E-state index is 12.0. The number of amides is 1. The van der Waals surface area contributed by atoms with Gasteiger partial charge >= 0.3 is 0 Å². The molecule has 0 saturated heterocycles. The summed E-state index contributed by atoms with van der Waals surface area (Å²) in [5.41, 5.74) is 2.37. The van der Waals surface area contributed by atoms with E-state index in [4.69, 9.17) is 9.47 Å². The van der Waals surface area contributed by atoms with Crippen molar-refractivity contribution in [2.45, 2.75) is 20.3 Å². The van der Waals surface area contributed by atoms with Gasteiger partial charge in [0, 0.05) is 23.2 Å². The topological polar surface area (TPSA) is 98.8 Å². The van der Waals surface area contributed by atoms with E-state index < -0.39 is 0 Å². The molecule has 0 atom stereocenters. The standard InChI is InChI=1S/C23H25NO6/c1-16(25)19-6-3-5-18(11-19)12-22(27)14-29-9-10-30-15-23(28)24-21-8-4-7-20(13-21)17(2)26/h3-8,11,13H,9-10,12,14-15H2,1-2H3,(H,24,28). The lowest BCUT2D eigenvalue weighted by Crippen LogP contribution is -2.20. The first kappa shape index (κ1) is 23.1. The summed E-state index contributed by atoms with van der Waals surface area (Å²) in [4.78, 5) is 46.6. The van der Waals surface area contributed by atoms with Crippen LogP contribution < -0.4 is 5.32 Å². The molecule has 0 fully saturated rings. The van der Waals surface area contributed by atoms with Gasteiger partial charge in [-0.25, -0.2) is 0 Å². The lowest BCUT2D eigenvalue weighted by Gasteiger charge is -2.08. The van der Waals surface area contributed by atoms with Crippen LogP contribution in [0.15, 0.2) is 48.5 Å². The molecule has 1 N–H and O–H groups in total. The second-order valence-electron chi connectivity index (χ2n) is 6.76. The molecule has 158 valence electrons. The Kier molecular flexibility index (Phi) is 9.05. The minimum absolute atomic E-state index is 0.0479. The van der Waals surface area contributed by atoms with Crippen molar-refractivity contribution in [3.05, 3.63) is 65.2 Å². The molecule has 0 saturated carbocycles. The van der Waals surface area contributed by atoms with Gasteiger partial charge in [-0.05, 0) is 37.6 Å². The number of benzene rings is 2. The molecule has 0 radical (unpaired) electrons. The average Bonchev–Trinajstić information content (AvgIpc) is 2.71. The SMILES string of the molecule is CC(=O)c1cccc(CC(=O)COCCOCC(=O)Nc2cccc(C(C)=O)c2)c1. The Morgan fingerprint density at radius 2 is 1.40 bits per heavy atom. The summed E-state index contributed by atoms with van der Waals surface area (Å²) in [5.74, 6) is -0.593. The van der Waals surface area contributed by atoms with E-state index in [-0.39, 0.29) is 56.1 Å². The minimum atomic E-state index is -0.350. The molecular formula is C23H25NO6. The van der Waals surface area contributed by atoms with Gasteiger partial charge in [-0.15, -0.1) is 0 Å². The molecule has 30 heavy (non-hydrogen) atoms. The largest absolute Gasteiger partial charge is 0.371 e. The lowest BCUT2D eigenvalue weighted by atomic mass is 10.0. The number of anilines is 1. The molecule has 7 nitrogen and oxygen atoms in total. The van der Waals surface area contributed by atoms with Crippen LogP contribution in [0.1, 0.15) is 40.1 Å². The van der Waals surface area contributed by atoms with Crippen molar-refractivity contribution in [3.63, 3.8) is 0 Å². The Bertz CT molecular complexity index is 846. The molecule has 0 unspecified atom stereocenters. The van der Waals surface area contributed by atoms with E-state index in [1.165, 1.54) is 13.8 Å². The number of hydrogen-bond donors (Lipinski definition) is 1. The summed E-state index contributed by atoms with van der Waals surface area (Å²) in [6, 6.07) is 13.6. The predicted octanol–water partition coefficient (Wildman–Crippen LogP) is 2.88. The van der Waals surface area contributed by atoms with Gasteiger partial charge in [-0.3, -0.25) is 19.2 Å². The molecule has 2 rings (SSSR count). The number of hydrogen-bond acceptors (Lipinski definition) is 6. The summed E-state index contributed by atoms with van der Waals surface area (Å²) >= 11 is 0. The van der Waals surface area contributed by atoms with Crippen molar-refractivity contribution in [3.8, 4) is 0 Å². The zero-order valence-electron chi connectivity index (χ0n) is 17.1. The summed E-state index contributed by atoms with van der Waals surface area (Å²) < 4.78 is 10.5. The van der Waals surface area contributed by atoms with E-state index in [0.717, 1.165) is 5.56 Å². The van der Waals surface area contributed by atoms with Crippen molar-refractivity contribution in [1.29, 1.82) is 0 Å². The number of carbonyl (C=O) groups is 4. The zero-order valence-corrected chi connectivity index (χ0v) is 17.1. The van der Waals surface area contributed by atoms with E-state index >= 15 is 0 Å². The number of carbonyl (C=O) groups excluding carboxylic acids is 4. The van der Waals surface area contributed by atoms with Gasteiger partial charge < -0.3 is 14.8 Å². The van der Waals surface area contributed by atoms with Crippen molar-refractivity contribution < 1.29 is 28.7 Å². The van der Waals surface area contributed by atoms with Crippen LogP contribution in [-0.4, -0.2) is 49.7 Å². The first-order chi connectivity index (χ1) is 14.3. The van der Waals surface area contributed by atoms with E-state index in [0.29, 0.717) is 16.8 Å². The molecule has 0 aliphatic rings. The van der Waals surface area contributed by atoms with Crippen molar-refractivity contribution in [2.24, 2.45) is 0 Å². The quantitative estimate of drug-likeness (QED) is 0.426. The monoisotopic (exact) mass is 411 g/mol. The third-order valence-electron chi connectivity index (χ3n) is 4.16. The maximum absolute atomic E-state index is 12.0. The van der Waals surface area contributed by atoms with E-state index in [1.54, 1.807) is 48.5 Å². The molecular weight excluding hydrogens is 386 g/mol. The van der Waals surface area contributed by atoms with Crippen LogP contribution in [-0.2, 0) is 25.5 Å². The first-order valence-electron chi connectivity index (χ1n) is 9.53. The fourth-order valence-electron chi connectivity index (χ4n) is 2.66. The Labute approximate surface area is 175 Å². The van der Waals surface area contributed by atoms with Crippen LogP contribution in [0.5, 0.6) is 0 Å². The van der Waals surface area contributed by atoms with Crippen LogP contribution in [0.3, 0.4) is 0 Å². The molecule has 1 amide bonds. The van der Waals surface area contributed by atoms with Crippen molar-refractivity contribution >= 4 is 28.9 Å². The number of rotatable bonds is 12. The maximum Gasteiger partial charge on any atom is 0.250 e. The zero-order chi connectivity index (χ0) is 21.9. The molecule has 0 heterocycles. The number of Topliss-reactive ketones (excluding diaryl/α,β-unsaturated/α-hetero) is 3. The second kappa shape index (κ2) is 11.7. The van der Waals surface area contributed by atoms with E-state index in [1.807, 2.05) is 0 Å². The van der Waals surface area contributed by atoms with Crippen LogP contribution in [0.4, 0.5) is 5.69 Å². The van der Waals surface area contributed by atoms with Crippen molar-refractivity contribution in [1.82, 2.24) is 0 Å². The first-order valence-corrected chi connectivity index (χ1v) is 9.53. The highest BCUT2D eigenvalue weighted by Crippen LogP contribution is 2.11. The molecule has 7 heteroatoms. The van der Waals surface area contributed by atoms with Crippen LogP contribution >= 0.6 is 0 Å². The van der Waals surface area contributed by atoms with Crippen molar-refractivity contribution in [2.75, 3.05) is 31.7 Å². The highest BCUT2D eigenvalue weighted by atomic mass is 16.5. The van der Waals surface area contributed by atoms with Gasteiger partial charge in [-0.1, -0.05) is 30.3 Å². The molecule has 2 aromatic carbocycles. The predicted molar refractivity (Wildman–Crippen MR) is 112 cm³/mol. The molecule has 0 aliphatic heterocycles. The summed E-state index contributed by atoms with van der Waals surface area (Å²) in [7, 11) is 0. The smallest absolute Gasteiger partial charge is 0.250 e. The van der Waals surface area contributed by atoms with Gasteiger partial charge in [0.25, 0.3) is 0 Å². The Morgan fingerprint density at radius 3 is 2.07 bits per heavy atom. The molecule has 0 spiro atoms. The summed E-state index contributed by atoms with van der Waals surface area (Å²) in [6.07, 6.45) is 0.184. The number of ether oxygens (including phenoxy) is 2. The normalized spacial score (nSPS) is 10.5. The van der Waals surface area contributed by atoms with Gasteiger partial charge in [0.05, 0.1) is 13.2 Å². The minimum Gasteiger partial charge on any atom is -0.371 e. The average molecular weight is 411 g/mol. The van der Waals surface area contributed by atoms with E-state index in [9.17, 15) is 19.2 Å². The van der Waals surface area contributed by atoms with Crippen LogP contribution in [0.2, 0.25) is 0 Å². The third-order valence-corrected chi connectivity index (χ3v) is 4.16. The highest BCUT2D eigenvalue weighted by molar-refractivity contribution is 5.97. The van der Waals surface area contributed by atoms with Crippen LogP contribution in [0.25, 0.3) is 0 Å². The Morgan fingerprint density at radius 1 is 0.800 bits per heavy atom. The van der Waals surface area contributed by atoms with Gasteiger partial charge in [0.15, 0.2) is 17.3 Å². The second-order valence-corrected chi connectivity index (χ2v) is 6.76. The highest BCUT2D eigenvalue weighted by Gasteiger charge is 2.08. The molecule has 0 aliphatic carbocycles. The van der Waals surface area contributed by atoms with Gasteiger partial charge in [0.1, 0.15) is 13.2 Å². The molecule has 0 bridgehead atoms. The van der Waals surface area contributed by atoms with Gasteiger partial charge in [0.2, 0.25) is 5.91 Å². The molecule has 0 aromatic heterocycles. The van der Waals surface area contributed by atoms with Crippen LogP contribution in [0, 0.1) is 0 Å². The summed E-state index contributed by atoms with van der Waals surface area (Å²) in [6.45, 7) is 3.03. The lowest BCUT2D eigenvalue weighted by molar-refractivity contribution is -0.125. The number of ketones is 3. The fourth-order valence-corrected chi connectivity index (χ4v) is 2.66. The van der Waals surface area contributed by atoms with Gasteiger partial charge in [-0.2, -0.15) is 0 Å².